The number of nitrogens with zero attached hydrogens (tertiary/aromatic N) is 3. The molecule has 0 aromatic carbocycles. The number of aliphatic carboxylic acids is 1. The molecule has 9 heteroatoms. The number of hydrogen-bond acceptors (Lipinski definition) is 6. The van der Waals surface area contributed by atoms with Crippen LogP contribution in [0.1, 0.15) is 26.2 Å². The van der Waals surface area contributed by atoms with Crippen molar-refractivity contribution in [2.24, 2.45) is 0 Å². The number of hydrogen-bond donors (Lipinski definition) is 2. The molecule has 21 heavy (non-hydrogen) atoms. The SMILES string of the molecule is CCOC(=O)CC[C@H](NC(=O)CCn1ccnn1)C(=O)O. The Bertz CT molecular complexity index is 474. The molecule has 1 heterocycles. The molecule has 0 saturated carbocycles. The molecule has 1 rings (SSSR count). The van der Waals surface area contributed by atoms with E-state index in [4.69, 9.17) is 9.84 Å². The third-order valence-electron chi connectivity index (χ3n) is 2.62. The molecule has 0 aliphatic carbocycles. The van der Waals surface area contributed by atoms with E-state index in [1.165, 1.54) is 10.9 Å². The van der Waals surface area contributed by atoms with E-state index in [-0.39, 0.29) is 25.9 Å². The smallest absolute Gasteiger partial charge is 0.326 e. The number of ether oxygens (including phenoxy) is 1. The van der Waals surface area contributed by atoms with Crippen molar-refractivity contribution in [1.29, 1.82) is 0 Å². The van der Waals surface area contributed by atoms with Crippen LogP contribution in [0.3, 0.4) is 0 Å². The van der Waals surface area contributed by atoms with E-state index in [1.54, 1.807) is 13.1 Å². The number of esters is 1. The summed E-state index contributed by atoms with van der Waals surface area (Å²) in [5, 5.41) is 18.7. The Morgan fingerprint density at radius 2 is 2.14 bits per heavy atom. The third-order valence-corrected chi connectivity index (χ3v) is 2.62. The van der Waals surface area contributed by atoms with Crippen LogP contribution in [0.5, 0.6) is 0 Å². The number of amides is 1. The van der Waals surface area contributed by atoms with E-state index < -0.39 is 23.9 Å². The molecule has 1 amide bonds. The lowest BCUT2D eigenvalue weighted by Crippen LogP contribution is -2.41. The van der Waals surface area contributed by atoms with E-state index >= 15 is 0 Å². The fraction of sp³-hybridized carbons (Fsp3) is 0.583. The zero-order valence-electron chi connectivity index (χ0n) is 11.7. The summed E-state index contributed by atoms with van der Waals surface area (Å²) >= 11 is 0. The summed E-state index contributed by atoms with van der Waals surface area (Å²) in [5.41, 5.74) is 0. The Morgan fingerprint density at radius 3 is 2.71 bits per heavy atom. The minimum absolute atomic E-state index is 0.0107. The summed E-state index contributed by atoms with van der Waals surface area (Å²) in [7, 11) is 0. The highest BCUT2D eigenvalue weighted by Gasteiger charge is 2.21. The van der Waals surface area contributed by atoms with Crippen LogP contribution in [0.2, 0.25) is 0 Å². The lowest BCUT2D eigenvalue weighted by molar-refractivity contribution is -0.145. The number of carboxylic acid groups (broad SMARTS) is 1. The summed E-state index contributed by atoms with van der Waals surface area (Å²) in [6, 6.07) is -1.11. The molecule has 2 N–H and O–H groups in total. The molecule has 9 nitrogen and oxygen atoms in total. The zero-order valence-corrected chi connectivity index (χ0v) is 11.7. The van der Waals surface area contributed by atoms with Crippen molar-refractivity contribution in [1.82, 2.24) is 20.3 Å². The van der Waals surface area contributed by atoms with Crippen LogP contribution in [-0.2, 0) is 25.7 Å². The van der Waals surface area contributed by atoms with E-state index in [2.05, 4.69) is 15.6 Å². The molecule has 0 spiro atoms. The predicted octanol–water partition coefficient (Wildman–Crippen LogP) is -0.419. The van der Waals surface area contributed by atoms with Gasteiger partial charge in [-0.05, 0) is 13.3 Å². The molecule has 0 radical (unpaired) electrons. The number of carbonyl (C=O) groups is 3. The summed E-state index contributed by atoms with van der Waals surface area (Å²) in [6.07, 6.45) is 3.09. The maximum atomic E-state index is 11.7. The number of rotatable bonds is 9. The number of nitrogens with one attached hydrogen (secondary N) is 1. The number of aryl methyl sites for hydroxylation is 1. The van der Waals surface area contributed by atoms with Gasteiger partial charge < -0.3 is 15.2 Å². The molecule has 1 aromatic heterocycles. The first-order valence-electron chi connectivity index (χ1n) is 6.54. The molecule has 0 aliphatic rings. The van der Waals surface area contributed by atoms with Gasteiger partial charge in [-0.3, -0.25) is 14.3 Å². The zero-order chi connectivity index (χ0) is 15.7. The van der Waals surface area contributed by atoms with Gasteiger partial charge in [-0.25, -0.2) is 4.79 Å². The summed E-state index contributed by atoms with van der Waals surface area (Å²) in [5.74, 6) is -2.10. The lowest BCUT2D eigenvalue weighted by atomic mass is 10.1. The molecule has 116 valence electrons. The van der Waals surface area contributed by atoms with Crippen LogP contribution in [0.4, 0.5) is 0 Å². The van der Waals surface area contributed by atoms with Crippen LogP contribution in [0.25, 0.3) is 0 Å². The van der Waals surface area contributed by atoms with Gasteiger partial charge >= 0.3 is 11.9 Å². The van der Waals surface area contributed by atoms with Crippen molar-refractivity contribution < 1.29 is 24.2 Å². The van der Waals surface area contributed by atoms with Crippen molar-refractivity contribution in [3.8, 4) is 0 Å². The molecule has 0 fully saturated rings. The molecular formula is C12H18N4O5. The number of aromatic nitrogens is 3. The molecule has 1 aromatic rings. The highest BCUT2D eigenvalue weighted by atomic mass is 16.5. The summed E-state index contributed by atoms with van der Waals surface area (Å²) < 4.78 is 6.18. The Balaban J connectivity index is 2.37. The monoisotopic (exact) mass is 298 g/mol. The average molecular weight is 298 g/mol. The van der Waals surface area contributed by atoms with Crippen molar-refractivity contribution in [3.63, 3.8) is 0 Å². The Morgan fingerprint density at radius 1 is 1.38 bits per heavy atom. The molecule has 0 unspecified atom stereocenters. The third kappa shape index (κ3) is 6.50. The first kappa shape index (κ1) is 16.6. The second kappa shape index (κ2) is 8.67. The molecule has 0 saturated heterocycles. The topological polar surface area (TPSA) is 123 Å². The standard InChI is InChI=1S/C12H18N4O5/c1-2-21-11(18)4-3-9(12(19)20)14-10(17)5-7-16-8-6-13-15-16/h6,8-9H,2-5,7H2,1H3,(H,14,17)(H,19,20)/t9-/m0/s1. The van der Waals surface area contributed by atoms with Crippen LogP contribution in [-0.4, -0.2) is 50.6 Å². The van der Waals surface area contributed by atoms with Crippen molar-refractivity contribution in [2.45, 2.75) is 38.8 Å². The second-order valence-corrected chi connectivity index (χ2v) is 4.22. The van der Waals surface area contributed by atoms with E-state index in [0.717, 1.165) is 0 Å². The maximum Gasteiger partial charge on any atom is 0.326 e. The van der Waals surface area contributed by atoms with Gasteiger partial charge in [0.05, 0.1) is 19.3 Å². The van der Waals surface area contributed by atoms with Crippen LogP contribution < -0.4 is 5.32 Å². The quantitative estimate of drug-likeness (QED) is 0.593. The second-order valence-electron chi connectivity index (χ2n) is 4.22. The van der Waals surface area contributed by atoms with E-state index in [1.807, 2.05) is 0 Å². The number of carbonyl (C=O) groups excluding carboxylic acids is 2. The highest BCUT2D eigenvalue weighted by molar-refractivity contribution is 5.83. The van der Waals surface area contributed by atoms with Crippen molar-refractivity contribution >= 4 is 17.8 Å². The first-order chi connectivity index (χ1) is 10.0. The van der Waals surface area contributed by atoms with Gasteiger partial charge in [-0.2, -0.15) is 0 Å². The highest BCUT2D eigenvalue weighted by Crippen LogP contribution is 2.01. The van der Waals surface area contributed by atoms with Gasteiger partial charge in [0.25, 0.3) is 0 Å². The summed E-state index contributed by atoms with van der Waals surface area (Å²) in [6.45, 7) is 2.20. The van der Waals surface area contributed by atoms with E-state index in [0.29, 0.717) is 6.54 Å². The van der Waals surface area contributed by atoms with Crippen LogP contribution >= 0.6 is 0 Å². The normalized spacial score (nSPS) is 11.7. The molecule has 0 bridgehead atoms. The predicted molar refractivity (Wildman–Crippen MR) is 70.1 cm³/mol. The van der Waals surface area contributed by atoms with Crippen LogP contribution in [0, 0.1) is 0 Å². The number of carboxylic acids is 1. The van der Waals surface area contributed by atoms with Crippen LogP contribution in [0.15, 0.2) is 12.4 Å². The molecule has 0 aliphatic heterocycles. The summed E-state index contributed by atoms with van der Waals surface area (Å²) in [4.78, 5) is 33.9. The van der Waals surface area contributed by atoms with Gasteiger partial charge in [0.1, 0.15) is 6.04 Å². The van der Waals surface area contributed by atoms with Gasteiger partial charge in [0.2, 0.25) is 5.91 Å². The Hall–Kier alpha value is -2.45. The fourth-order valence-corrected chi connectivity index (χ4v) is 1.59. The minimum Gasteiger partial charge on any atom is -0.480 e. The molecule has 1 atom stereocenters. The average Bonchev–Trinajstić information content (AvgIpc) is 2.94. The van der Waals surface area contributed by atoms with Gasteiger partial charge in [0, 0.05) is 19.0 Å². The van der Waals surface area contributed by atoms with Gasteiger partial charge in [-0.15, -0.1) is 5.10 Å². The van der Waals surface area contributed by atoms with Crippen molar-refractivity contribution in [3.05, 3.63) is 12.4 Å². The lowest BCUT2D eigenvalue weighted by Gasteiger charge is -2.14. The largest absolute Gasteiger partial charge is 0.480 e. The maximum absolute atomic E-state index is 11.7. The Labute approximate surface area is 121 Å². The van der Waals surface area contributed by atoms with Crippen molar-refractivity contribution in [2.75, 3.05) is 6.61 Å². The first-order valence-corrected chi connectivity index (χ1v) is 6.54. The van der Waals surface area contributed by atoms with Gasteiger partial charge in [0.15, 0.2) is 0 Å². The minimum atomic E-state index is -1.19. The Kier molecular flexibility index (Phi) is 6.85. The fourth-order valence-electron chi connectivity index (χ4n) is 1.59. The van der Waals surface area contributed by atoms with Gasteiger partial charge in [-0.1, -0.05) is 5.21 Å². The van der Waals surface area contributed by atoms with E-state index in [9.17, 15) is 14.4 Å². The molecular weight excluding hydrogens is 280 g/mol.